The van der Waals surface area contributed by atoms with Crippen molar-refractivity contribution in [2.24, 2.45) is 0 Å². The van der Waals surface area contributed by atoms with Gasteiger partial charge in [-0.3, -0.25) is 24.0 Å². The first-order valence-corrected chi connectivity index (χ1v) is 18.9. The van der Waals surface area contributed by atoms with Gasteiger partial charge in [-0.25, -0.2) is 12.7 Å². The van der Waals surface area contributed by atoms with E-state index in [1.165, 1.54) is 22.5 Å². The Hall–Kier alpha value is -4.22. The van der Waals surface area contributed by atoms with E-state index in [-0.39, 0.29) is 27.7 Å². The van der Waals surface area contributed by atoms with Crippen LogP contribution in [0.4, 0.5) is 5.82 Å². The van der Waals surface area contributed by atoms with Crippen LogP contribution in [0.1, 0.15) is 34.3 Å². The second kappa shape index (κ2) is 14.8. The number of ether oxygens (including phenoxy) is 1. The fourth-order valence-corrected chi connectivity index (χ4v) is 9.03. The number of halogens is 2. The molecule has 0 aliphatic carbocycles. The van der Waals surface area contributed by atoms with Crippen molar-refractivity contribution in [2.45, 2.75) is 23.5 Å². The normalized spacial score (nSPS) is 19.9. The zero-order chi connectivity index (χ0) is 35.7. The van der Waals surface area contributed by atoms with Crippen molar-refractivity contribution in [3.63, 3.8) is 0 Å². The van der Waals surface area contributed by atoms with E-state index < -0.39 is 22.1 Å². The minimum atomic E-state index is -4.31. The number of carbonyl (C=O) groups is 1. The standard InChI is InChI=1S/C37H36Cl2N6O5S/c38-30-9-4-27(5-10-30)35-36(28-6-11-31(39)12-7-28)45(51(48,49)32-3-1-2-26(22-32)23-40)33-13-8-29(37(47)44(33)35)24-41-14-16-42(17-15-41)25-34(46)43-18-20-50-21-19-43/h1-13,22,35-36H,14-21,24-25H2/t35-,36+/m0/s1. The van der Waals surface area contributed by atoms with E-state index in [9.17, 15) is 23.3 Å². The number of morpholine rings is 1. The molecule has 2 fully saturated rings. The van der Waals surface area contributed by atoms with Gasteiger partial charge in [0, 0.05) is 61.4 Å². The van der Waals surface area contributed by atoms with E-state index in [1.807, 2.05) is 23.1 Å². The summed E-state index contributed by atoms with van der Waals surface area (Å²) in [4.78, 5) is 33.6. The topological polar surface area (TPSA) is 119 Å². The molecule has 4 heterocycles. The molecule has 0 radical (unpaired) electrons. The first-order valence-electron chi connectivity index (χ1n) is 16.7. The van der Waals surface area contributed by atoms with Gasteiger partial charge in [-0.05, 0) is 65.7 Å². The Balaban J connectivity index is 1.25. The predicted octanol–water partition coefficient (Wildman–Crippen LogP) is 4.54. The largest absolute Gasteiger partial charge is 0.378 e. The second-order valence-electron chi connectivity index (χ2n) is 12.9. The Morgan fingerprint density at radius 1 is 0.804 bits per heavy atom. The molecule has 14 heteroatoms. The van der Waals surface area contributed by atoms with Gasteiger partial charge in [0.05, 0.1) is 48.4 Å². The average molecular weight is 748 g/mol. The third-order valence-electron chi connectivity index (χ3n) is 9.75. The van der Waals surface area contributed by atoms with Crippen LogP contribution in [0.2, 0.25) is 10.0 Å². The van der Waals surface area contributed by atoms with Gasteiger partial charge in [-0.2, -0.15) is 5.26 Å². The van der Waals surface area contributed by atoms with Crippen LogP contribution in [0.3, 0.4) is 0 Å². The summed E-state index contributed by atoms with van der Waals surface area (Å²) in [7, 11) is -4.31. The summed E-state index contributed by atoms with van der Waals surface area (Å²) in [6.45, 7) is 5.77. The van der Waals surface area contributed by atoms with E-state index in [0.717, 1.165) is 0 Å². The van der Waals surface area contributed by atoms with E-state index in [4.69, 9.17) is 27.9 Å². The number of hydrogen-bond acceptors (Lipinski definition) is 8. The molecule has 2 atom stereocenters. The fraction of sp³-hybridized carbons (Fsp3) is 0.324. The molecule has 3 aliphatic rings. The van der Waals surface area contributed by atoms with Crippen molar-refractivity contribution >= 4 is 45.0 Å². The highest BCUT2D eigenvalue weighted by molar-refractivity contribution is 7.92. The molecule has 0 spiro atoms. The molecule has 2 saturated heterocycles. The van der Waals surface area contributed by atoms with Crippen molar-refractivity contribution < 1.29 is 17.9 Å². The molecule has 3 aliphatic heterocycles. The van der Waals surface area contributed by atoms with Gasteiger partial charge in [0.25, 0.3) is 15.6 Å². The molecule has 1 amide bonds. The number of nitriles is 1. The number of carbonyl (C=O) groups excluding carboxylic acids is 1. The molecule has 3 aromatic carbocycles. The molecule has 264 valence electrons. The highest BCUT2D eigenvalue weighted by Crippen LogP contribution is 2.49. The summed E-state index contributed by atoms with van der Waals surface area (Å²) in [5, 5.41) is 10.6. The molecule has 0 bridgehead atoms. The smallest absolute Gasteiger partial charge is 0.266 e. The number of anilines is 1. The molecule has 4 aromatic rings. The molecule has 0 N–H and O–H groups in total. The van der Waals surface area contributed by atoms with Crippen LogP contribution in [-0.2, 0) is 26.1 Å². The van der Waals surface area contributed by atoms with Crippen LogP contribution < -0.4 is 9.86 Å². The third-order valence-corrected chi connectivity index (χ3v) is 12.0. The third kappa shape index (κ3) is 7.15. The van der Waals surface area contributed by atoms with Crippen molar-refractivity contribution in [1.29, 1.82) is 5.26 Å². The fourth-order valence-electron chi connectivity index (χ4n) is 7.10. The zero-order valence-corrected chi connectivity index (χ0v) is 30.0. The number of benzene rings is 3. The number of pyridine rings is 1. The Morgan fingerprint density at radius 3 is 2.04 bits per heavy atom. The lowest BCUT2D eigenvalue weighted by atomic mass is 9.94. The van der Waals surface area contributed by atoms with Crippen LogP contribution in [0.5, 0.6) is 0 Å². The molecule has 11 nitrogen and oxygen atoms in total. The van der Waals surface area contributed by atoms with E-state index in [0.29, 0.717) is 92.3 Å². The highest BCUT2D eigenvalue weighted by atomic mass is 35.5. The summed E-state index contributed by atoms with van der Waals surface area (Å²) in [6.07, 6.45) is 0. The molecule has 0 saturated carbocycles. The first-order chi connectivity index (χ1) is 24.6. The monoisotopic (exact) mass is 746 g/mol. The lowest BCUT2D eigenvalue weighted by Crippen LogP contribution is -2.51. The highest BCUT2D eigenvalue weighted by Gasteiger charge is 2.47. The summed E-state index contributed by atoms with van der Waals surface area (Å²) in [5.41, 5.74) is 1.75. The van der Waals surface area contributed by atoms with E-state index >= 15 is 0 Å². The predicted molar refractivity (Wildman–Crippen MR) is 194 cm³/mol. The molecular formula is C37H36Cl2N6O5S. The summed E-state index contributed by atoms with van der Waals surface area (Å²) < 4.78 is 37.6. The van der Waals surface area contributed by atoms with Gasteiger partial charge >= 0.3 is 0 Å². The summed E-state index contributed by atoms with van der Waals surface area (Å²) in [5.74, 6) is 0.309. The number of piperazine rings is 1. The quantitative estimate of drug-likeness (QED) is 0.258. The second-order valence-corrected chi connectivity index (χ2v) is 15.6. The van der Waals surface area contributed by atoms with Crippen molar-refractivity contribution in [3.05, 3.63) is 128 Å². The van der Waals surface area contributed by atoms with E-state index in [1.54, 1.807) is 59.2 Å². The van der Waals surface area contributed by atoms with Gasteiger partial charge in [0.2, 0.25) is 5.91 Å². The van der Waals surface area contributed by atoms with Gasteiger partial charge < -0.3 is 9.64 Å². The zero-order valence-electron chi connectivity index (χ0n) is 27.7. The van der Waals surface area contributed by atoms with Crippen molar-refractivity contribution in [3.8, 4) is 6.07 Å². The molecule has 1 aromatic heterocycles. The van der Waals surface area contributed by atoms with Gasteiger partial charge in [-0.1, -0.05) is 53.5 Å². The van der Waals surface area contributed by atoms with Gasteiger partial charge in [0.15, 0.2) is 0 Å². The Morgan fingerprint density at radius 2 is 1.41 bits per heavy atom. The number of aromatic nitrogens is 1. The van der Waals surface area contributed by atoms with Crippen LogP contribution in [-0.4, -0.2) is 92.6 Å². The molecule has 7 rings (SSSR count). The molecule has 0 unspecified atom stereocenters. The van der Waals surface area contributed by atoms with Gasteiger partial charge in [-0.15, -0.1) is 0 Å². The number of fused-ring (bicyclic) bond motifs is 1. The van der Waals surface area contributed by atoms with Crippen LogP contribution in [0.25, 0.3) is 0 Å². The number of hydrogen-bond donors (Lipinski definition) is 0. The van der Waals surface area contributed by atoms with Crippen molar-refractivity contribution in [2.75, 3.05) is 63.3 Å². The Bertz CT molecular complexity index is 2120. The Kier molecular flexibility index (Phi) is 10.2. The number of rotatable bonds is 8. The maximum Gasteiger partial charge on any atom is 0.266 e. The first kappa shape index (κ1) is 35.2. The lowest BCUT2D eigenvalue weighted by molar-refractivity contribution is -0.136. The molecular weight excluding hydrogens is 711 g/mol. The number of sulfonamides is 1. The average Bonchev–Trinajstić information content (AvgIpc) is 3.51. The van der Waals surface area contributed by atoms with Crippen LogP contribution in [0.15, 0.2) is 94.6 Å². The SMILES string of the molecule is N#Cc1cccc(S(=O)(=O)N2c3ccc(CN4CCN(CC(=O)N5CCOCC5)CC4)c(=O)n3[C@@H](c3ccc(Cl)cc3)[C@H]2c2ccc(Cl)cc2)c1. The van der Waals surface area contributed by atoms with Crippen LogP contribution in [0, 0.1) is 11.3 Å². The summed E-state index contributed by atoms with van der Waals surface area (Å²) >= 11 is 12.6. The van der Waals surface area contributed by atoms with Gasteiger partial charge in [0.1, 0.15) is 5.82 Å². The molecule has 51 heavy (non-hydrogen) atoms. The van der Waals surface area contributed by atoms with E-state index in [2.05, 4.69) is 9.80 Å². The van der Waals surface area contributed by atoms with Crippen LogP contribution >= 0.6 is 23.2 Å². The minimum Gasteiger partial charge on any atom is -0.378 e. The number of nitrogens with zero attached hydrogens (tertiary/aromatic N) is 6. The Labute approximate surface area is 306 Å². The van der Waals surface area contributed by atoms with Crippen molar-refractivity contribution in [1.82, 2.24) is 19.3 Å². The maximum absolute atomic E-state index is 14.7. The number of amides is 1. The minimum absolute atomic E-state index is 0.0645. The summed E-state index contributed by atoms with van der Waals surface area (Å²) in [6, 6.07) is 23.7. The lowest BCUT2D eigenvalue weighted by Gasteiger charge is -2.36. The maximum atomic E-state index is 14.7.